The zero-order chi connectivity index (χ0) is 13.2. The zero-order valence-electron chi connectivity index (χ0n) is 9.88. The van der Waals surface area contributed by atoms with Crippen LogP contribution in [0.15, 0.2) is 57.6 Å². The molecule has 4 nitrogen and oxygen atoms in total. The third-order valence-corrected chi connectivity index (χ3v) is 3.26. The minimum atomic E-state index is 0.409. The Labute approximate surface area is 118 Å². The van der Waals surface area contributed by atoms with Crippen molar-refractivity contribution in [1.82, 2.24) is 9.97 Å². The van der Waals surface area contributed by atoms with E-state index in [-0.39, 0.29) is 0 Å². The minimum absolute atomic E-state index is 0.409. The van der Waals surface area contributed by atoms with Crippen molar-refractivity contribution < 1.29 is 4.42 Å². The van der Waals surface area contributed by atoms with E-state index in [1.54, 1.807) is 18.4 Å². The number of benzene rings is 1. The van der Waals surface area contributed by atoms with Crippen LogP contribution in [0.2, 0.25) is 0 Å². The van der Waals surface area contributed by atoms with Gasteiger partial charge >= 0.3 is 0 Å². The minimum Gasteiger partial charge on any atom is -0.460 e. The molecule has 0 aliphatic heterocycles. The fourth-order valence-corrected chi connectivity index (χ4v) is 2.16. The van der Waals surface area contributed by atoms with E-state index in [1.807, 2.05) is 30.3 Å². The average molecular weight is 316 g/mol. The van der Waals surface area contributed by atoms with Crippen LogP contribution in [0.5, 0.6) is 0 Å². The summed E-state index contributed by atoms with van der Waals surface area (Å²) >= 11 is 3.39. The number of furan rings is 1. The standard InChI is InChI=1S/C14H10BrN3O/c15-10-6-7-19-13(10)14-17-11(8-12(16)18-14)9-4-2-1-3-5-9/h1-8H,(H2,16,17,18). The van der Waals surface area contributed by atoms with Crippen LogP contribution in [0.4, 0.5) is 5.82 Å². The van der Waals surface area contributed by atoms with Gasteiger partial charge in [-0.15, -0.1) is 0 Å². The molecule has 0 spiro atoms. The second kappa shape index (κ2) is 4.85. The molecule has 2 N–H and O–H groups in total. The number of nitrogen functional groups attached to an aromatic ring is 1. The van der Waals surface area contributed by atoms with Crippen molar-refractivity contribution in [3.05, 3.63) is 53.2 Å². The van der Waals surface area contributed by atoms with Gasteiger partial charge in [0.1, 0.15) is 5.82 Å². The number of rotatable bonds is 2. The molecule has 1 aromatic carbocycles. The summed E-state index contributed by atoms with van der Waals surface area (Å²) in [5.74, 6) is 1.45. The molecular weight excluding hydrogens is 306 g/mol. The van der Waals surface area contributed by atoms with Gasteiger partial charge in [0.2, 0.25) is 0 Å². The highest BCUT2D eigenvalue weighted by Gasteiger charge is 2.12. The fourth-order valence-electron chi connectivity index (χ4n) is 1.78. The molecule has 19 heavy (non-hydrogen) atoms. The third-order valence-electron chi connectivity index (χ3n) is 2.64. The Morgan fingerprint density at radius 1 is 1.05 bits per heavy atom. The fraction of sp³-hybridized carbons (Fsp3) is 0. The maximum atomic E-state index is 5.84. The first kappa shape index (κ1) is 11.9. The van der Waals surface area contributed by atoms with E-state index in [9.17, 15) is 0 Å². The van der Waals surface area contributed by atoms with E-state index >= 15 is 0 Å². The number of aromatic nitrogens is 2. The quantitative estimate of drug-likeness (QED) is 0.782. The topological polar surface area (TPSA) is 64.9 Å². The van der Waals surface area contributed by atoms with Gasteiger partial charge in [-0.2, -0.15) is 0 Å². The molecule has 0 aliphatic rings. The molecule has 0 atom stereocenters. The van der Waals surface area contributed by atoms with Crippen LogP contribution in [0, 0.1) is 0 Å². The van der Waals surface area contributed by atoms with Crippen molar-refractivity contribution in [2.45, 2.75) is 0 Å². The number of anilines is 1. The largest absolute Gasteiger partial charge is 0.460 e. The van der Waals surface area contributed by atoms with Crippen molar-refractivity contribution >= 4 is 21.7 Å². The highest BCUT2D eigenvalue weighted by molar-refractivity contribution is 9.10. The number of halogens is 1. The molecule has 0 unspecified atom stereocenters. The van der Waals surface area contributed by atoms with E-state index in [1.165, 1.54) is 0 Å². The van der Waals surface area contributed by atoms with Gasteiger partial charge in [-0.25, -0.2) is 9.97 Å². The molecule has 3 rings (SSSR count). The number of hydrogen-bond acceptors (Lipinski definition) is 4. The molecule has 0 amide bonds. The Kier molecular flexibility index (Phi) is 3.05. The van der Waals surface area contributed by atoms with Crippen LogP contribution in [-0.4, -0.2) is 9.97 Å². The van der Waals surface area contributed by atoms with E-state index in [0.29, 0.717) is 17.4 Å². The maximum absolute atomic E-state index is 5.84. The molecule has 0 bridgehead atoms. The highest BCUT2D eigenvalue weighted by atomic mass is 79.9. The molecule has 0 fully saturated rings. The first-order valence-corrected chi connectivity index (χ1v) is 6.46. The van der Waals surface area contributed by atoms with Gasteiger partial charge in [-0.1, -0.05) is 30.3 Å². The lowest BCUT2D eigenvalue weighted by Crippen LogP contribution is -1.97. The van der Waals surface area contributed by atoms with E-state index in [2.05, 4.69) is 25.9 Å². The third kappa shape index (κ3) is 2.37. The predicted octanol–water partition coefficient (Wildman–Crippen LogP) is 3.75. The Morgan fingerprint density at radius 2 is 1.84 bits per heavy atom. The Balaban J connectivity index is 2.14. The molecule has 0 saturated carbocycles. The maximum Gasteiger partial charge on any atom is 0.199 e. The lowest BCUT2D eigenvalue weighted by atomic mass is 10.1. The summed E-state index contributed by atoms with van der Waals surface area (Å²) in [6, 6.07) is 13.4. The lowest BCUT2D eigenvalue weighted by Gasteiger charge is -2.04. The lowest BCUT2D eigenvalue weighted by molar-refractivity contribution is 0.576. The summed E-state index contributed by atoms with van der Waals surface area (Å²) in [4.78, 5) is 8.70. The Hall–Kier alpha value is -2.14. The SMILES string of the molecule is Nc1cc(-c2ccccc2)nc(-c2occc2Br)n1. The molecule has 5 heteroatoms. The summed E-state index contributed by atoms with van der Waals surface area (Å²) in [6.07, 6.45) is 1.58. The van der Waals surface area contributed by atoms with Crippen LogP contribution < -0.4 is 5.73 Å². The van der Waals surface area contributed by atoms with Crippen molar-refractivity contribution in [1.29, 1.82) is 0 Å². The average Bonchev–Trinajstić information content (AvgIpc) is 2.85. The molecule has 2 heterocycles. The Morgan fingerprint density at radius 3 is 2.53 bits per heavy atom. The van der Waals surface area contributed by atoms with Gasteiger partial charge in [0, 0.05) is 11.6 Å². The summed E-state index contributed by atoms with van der Waals surface area (Å²) in [6.45, 7) is 0. The summed E-state index contributed by atoms with van der Waals surface area (Å²) < 4.78 is 6.17. The number of nitrogens with zero attached hydrogens (tertiary/aromatic N) is 2. The van der Waals surface area contributed by atoms with Crippen molar-refractivity contribution in [3.63, 3.8) is 0 Å². The molecule has 0 saturated heterocycles. The summed E-state index contributed by atoms with van der Waals surface area (Å²) in [7, 11) is 0. The molecule has 2 aromatic heterocycles. The second-order valence-corrected chi connectivity index (χ2v) is 4.82. The van der Waals surface area contributed by atoms with Crippen molar-refractivity contribution in [2.75, 3.05) is 5.73 Å². The molecule has 0 radical (unpaired) electrons. The molecule has 94 valence electrons. The van der Waals surface area contributed by atoms with Crippen LogP contribution in [-0.2, 0) is 0 Å². The van der Waals surface area contributed by atoms with Gasteiger partial charge in [0.25, 0.3) is 0 Å². The number of hydrogen-bond donors (Lipinski definition) is 1. The summed E-state index contributed by atoms with van der Waals surface area (Å²) in [5.41, 5.74) is 7.60. The van der Waals surface area contributed by atoms with E-state index in [0.717, 1.165) is 15.7 Å². The predicted molar refractivity (Wildman–Crippen MR) is 77.3 cm³/mol. The van der Waals surface area contributed by atoms with Crippen LogP contribution in [0.3, 0.4) is 0 Å². The first-order chi connectivity index (χ1) is 9.24. The second-order valence-electron chi connectivity index (χ2n) is 3.97. The summed E-state index contributed by atoms with van der Waals surface area (Å²) in [5, 5.41) is 0. The van der Waals surface area contributed by atoms with Crippen LogP contribution >= 0.6 is 15.9 Å². The number of nitrogens with two attached hydrogens (primary N) is 1. The Bertz CT molecular complexity index is 710. The van der Waals surface area contributed by atoms with Crippen LogP contribution in [0.25, 0.3) is 22.8 Å². The molecule has 3 aromatic rings. The first-order valence-electron chi connectivity index (χ1n) is 5.67. The van der Waals surface area contributed by atoms with Gasteiger partial charge in [0.15, 0.2) is 11.6 Å². The smallest absolute Gasteiger partial charge is 0.199 e. The van der Waals surface area contributed by atoms with Gasteiger partial charge in [-0.05, 0) is 22.0 Å². The normalized spacial score (nSPS) is 10.6. The van der Waals surface area contributed by atoms with Crippen LogP contribution in [0.1, 0.15) is 0 Å². The van der Waals surface area contributed by atoms with Crippen molar-refractivity contribution in [2.24, 2.45) is 0 Å². The van der Waals surface area contributed by atoms with Gasteiger partial charge in [-0.3, -0.25) is 0 Å². The highest BCUT2D eigenvalue weighted by Crippen LogP contribution is 2.29. The van der Waals surface area contributed by atoms with E-state index < -0.39 is 0 Å². The molecule has 0 aliphatic carbocycles. The molecular formula is C14H10BrN3O. The zero-order valence-corrected chi connectivity index (χ0v) is 11.5. The van der Waals surface area contributed by atoms with E-state index in [4.69, 9.17) is 10.2 Å². The van der Waals surface area contributed by atoms with Crippen molar-refractivity contribution in [3.8, 4) is 22.8 Å². The van der Waals surface area contributed by atoms with Gasteiger partial charge in [0.05, 0.1) is 16.4 Å². The van der Waals surface area contributed by atoms with Gasteiger partial charge < -0.3 is 10.2 Å². The monoisotopic (exact) mass is 315 g/mol.